The monoisotopic (exact) mass is 338 g/mol. The van der Waals surface area contributed by atoms with E-state index in [2.05, 4.69) is 30.5 Å². The Balaban J connectivity index is 3.03. The molecule has 0 fully saturated rings. The summed E-state index contributed by atoms with van der Waals surface area (Å²) in [5.74, 6) is 0. The fourth-order valence-corrected chi connectivity index (χ4v) is 4.05. The minimum absolute atomic E-state index is 0.00190. The van der Waals surface area contributed by atoms with Gasteiger partial charge in [0.15, 0.2) is 0 Å². The zero-order valence-corrected chi connectivity index (χ0v) is 14.6. The second-order valence-corrected chi connectivity index (χ2v) is 9.12. The molecule has 0 unspecified atom stereocenters. The van der Waals surface area contributed by atoms with Gasteiger partial charge >= 0.3 is 0 Å². The smallest absolute Gasteiger partial charge is 0.242 e. The lowest BCUT2D eigenvalue weighted by Gasteiger charge is -2.32. The van der Waals surface area contributed by atoms with Gasteiger partial charge < -0.3 is 0 Å². The maximum absolute atomic E-state index is 12.3. The van der Waals surface area contributed by atoms with Crippen molar-refractivity contribution in [3.05, 3.63) is 22.4 Å². The van der Waals surface area contributed by atoms with Crippen LogP contribution in [-0.4, -0.2) is 18.9 Å². The SMILES string of the molecule is CC(C)(C)CC(C)(C)NS(=O)(=O)c1cnc(Cl)c(Cl)c1. The van der Waals surface area contributed by atoms with E-state index >= 15 is 0 Å². The molecule has 114 valence electrons. The lowest BCUT2D eigenvalue weighted by atomic mass is 9.82. The fraction of sp³-hybridized carbons (Fsp3) is 0.615. The summed E-state index contributed by atoms with van der Waals surface area (Å²) in [7, 11) is -3.69. The zero-order valence-electron chi connectivity index (χ0n) is 12.3. The van der Waals surface area contributed by atoms with Crippen LogP contribution in [0.5, 0.6) is 0 Å². The molecule has 0 radical (unpaired) electrons. The molecule has 0 aliphatic carbocycles. The van der Waals surface area contributed by atoms with Gasteiger partial charge in [0.25, 0.3) is 0 Å². The fourth-order valence-electron chi connectivity index (χ4n) is 2.34. The highest BCUT2D eigenvalue weighted by atomic mass is 35.5. The molecule has 0 aromatic carbocycles. The third kappa shape index (κ3) is 5.20. The van der Waals surface area contributed by atoms with Crippen LogP contribution in [0.3, 0.4) is 0 Å². The largest absolute Gasteiger partial charge is 0.242 e. The van der Waals surface area contributed by atoms with E-state index in [9.17, 15) is 8.42 Å². The highest BCUT2D eigenvalue weighted by Gasteiger charge is 2.30. The first-order valence-corrected chi connectivity index (χ1v) is 8.41. The Kier molecular flexibility index (Phi) is 5.12. The quantitative estimate of drug-likeness (QED) is 0.847. The minimum atomic E-state index is -3.69. The molecular weight excluding hydrogens is 319 g/mol. The number of rotatable bonds is 4. The third-order valence-corrected chi connectivity index (χ3v) is 4.82. The summed E-state index contributed by atoms with van der Waals surface area (Å²) >= 11 is 11.5. The molecule has 7 heteroatoms. The van der Waals surface area contributed by atoms with Gasteiger partial charge in [0.2, 0.25) is 10.0 Å². The van der Waals surface area contributed by atoms with E-state index in [-0.39, 0.29) is 20.5 Å². The minimum Gasteiger partial charge on any atom is -0.242 e. The topological polar surface area (TPSA) is 59.1 Å². The first-order chi connectivity index (χ1) is 8.82. The van der Waals surface area contributed by atoms with Gasteiger partial charge in [0.05, 0.1) is 5.02 Å². The highest BCUT2D eigenvalue weighted by molar-refractivity contribution is 7.89. The van der Waals surface area contributed by atoms with E-state index in [1.54, 1.807) is 0 Å². The number of nitrogens with one attached hydrogen (secondary N) is 1. The zero-order chi connectivity index (χ0) is 15.8. The standard InChI is InChI=1S/C13H20Cl2N2O2S/c1-12(2,3)8-13(4,5)17-20(18,19)9-6-10(14)11(15)16-7-9/h6-7,17H,8H2,1-5H3. The number of hydrogen-bond donors (Lipinski definition) is 1. The number of hydrogen-bond acceptors (Lipinski definition) is 3. The van der Waals surface area contributed by atoms with Gasteiger partial charge in [0.1, 0.15) is 10.0 Å². The lowest BCUT2D eigenvalue weighted by Crippen LogP contribution is -2.45. The van der Waals surface area contributed by atoms with Crippen molar-refractivity contribution < 1.29 is 8.42 Å². The van der Waals surface area contributed by atoms with Crippen LogP contribution in [0, 0.1) is 5.41 Å². The van der Waals surface area contributed by atoms with Crippen LogP contribution in [0.1, 0.15) is 41.0 Å². The molecule has 0 saturated carbocycles. The molecule has 1 heterocycles. The van der Waals surface area contributed by atoms with Gasteiger partial charge in [-0.2, -0.15) is 0 Å². The molecule has 0 spiro atoms. The van der Waals surface area contributed by atoms with Crippen LogP contribution >= 0.6 is 23.2 Å². The number of nitrogens with zero attached hydrogens (tertiary/aromatic N) is 1. The maximum atomic E-state index is 12.3. The molecule has 20 heavy (non-hydrogen) atoms. The van der Waals surface area contributed by atoms with E-state index < -0.39 is 15.6 Å². The van der Waals surface area contributed by atoms with Crippen LogP contribution < -0.4 is 4.72 Å². The highest BCUT2D eigenvalue weighted by Crippen LogP contribution is 2.29. The average Bonchev–Trinajstić information content (AvgIpc) is 2.16. The van der Waals surface area contributed by atoms with E-state index in [1.165, 1.54) is 12.3 Å². The summed E-state index contributed by atoms with van der Waals surface area (Å²) in [5, 5.41) is 0.197. The van der Waals surface area contributed by atoms with E-state index in [0.717, 1.165) is 0 Å². The van der Waals surface area contributed by atoms with Crippen LogP contribution in [0.4, 0.5) is 0 Å². The second kappa shape index (κ2) is 5.79. The first kappa shape index (κ1) is 17.7. The van der Waals surface area contributed by atoms with E-state index in [0.29, 0.717) is 6.42 Å². The van der Waals surface area contributed by atoms with Crippen molar-refractivity contribution >= 4 is 33.2 Å². The first-order valence-electron chi connectivity index (χ1n) is 6.17. The molecular formula is C13H20Cl2N2O2S. The Morgan fingerprint density at radius 2 is 1.75 bits per heavy atom. The van der Waals surface area contributed by atoms with Crippen molar-refractivity contribution in [1.29, 1.82) is 0 Å². The third-order valence-electron chi connectivity index (χ3n) is 2.46. The van der Waals surface area contributed by atoms with Gasteiger partial charge in [0, 0.05) is 11.7 Å². The van der Waals surface area contributed by atoms with Crippen LogP contribution in [0.15, 0.2) is 17.2 Å². The van der Waals surface area contributed by atoms with Crippen molar-refractivity contribution in [1.82, 2.24) is 9.71 Å². The van der Waals surface area contributed by atoms with Gasteiger partial charge in [-0.3, -0.25) is 0 Å². The Bertz CT molecular complexity index is 593. The summed E-state index contributed by atoms with van der Waals surface area (Å²) in [6, 6.07) is 1.30. The molecule has 0 saturated heterocycles. The number of sulfonamides is 1. The van der Waals surface area contributed by atoms with Crippen LogP contribution in [-0.2, 0) is 10.0 Å². The molecule has 0 bridgehead atoms. The summed E-state index contributed by atoms with van der Waals surface area (Å²) < 4.78 is 27.4. The Morgan fingerprint density at radius 1 is 1.20 bits per heavy atom. The number of aromatic nitrogens is 1. The van der Waals surface area contributed by atoms with E-state index in [1.807, 2.05) is 13.8 Å². The second-order valence-electron chi connectivity index (χ2n) is 6.67. The maximum Gasteiger partial charge on any atom is 0.242 e. The molecule has 0 atom stereocenters. The van der Waals surface area contributed by atoms with Gasteiger partial charge in [-0.05, 0) is 31.7 Å². The molecule has 4 nitrogen and oxygen atoms in total. The molecule has 0 amide bonds. The Labute approximate surface area is 130 Å². The van der Waals surface area contributed by atoms with E-state index in [4.69, 9.17) is 23.2 Å². The van der Waals surface area contributed by atoms with Crippen molar-refractivity contribution in [2.75, 3.05) is 0 Å². The predicted octanol–water partition coefficient (Wildman–Crippen LogP) is 3.88. The predicted molar refractivity (Wildman–Crippen MR) is 82.7 cm³/mol. The summed E-state index contributed by atoms with van der Waals surface area (Å²) in [5.41, 5.74) is -0.578. The van der Waals surface area contributed by atoms with Crippen LogP contribution in [0.25, 0.3) is 0 Å². The molecule has 1 N–H and O–H groups in total. The normalized spacial score (nSPS) is 13.6. The molecule has 0 aliphatic heterocycles. The van der Waals surface area contributed by atoms with Gasteiger partial charge in [-0.1, -0.05) is 44.0 Å². The summed E-state index contributed by atoms with van der Waals surface area (Å²) in [4.78, 5) is 3.77. The average molecular weight is 339 g/mol. The van der Waals surface area contributed by atoms with Gasteiger partial charge in [-0.25, -0.2) is 18.1 Å². The summed E-state index contributed by atoms with van der Waals surface area (Å²) in [6.45, 7) is 9.87. The molecule has 1 aromatic rings. The van der Waals surface area contributed by atoms with Crippen molar-refractivity contribution in [3.63, 3.8) is 0 Å². The van der Waals surface area contributed by atoms with Crippen molar-refractivity contribution in [3.8, 4) is 0 Å². The van der Waals surface area contributed by atoms with Crippen molar-refractivity contribution in [2.45, 2.75) is 51.5 Å². The Hall–Kier alpha value is -0.360. The van der Waals surface area contributed by atoms with Crippen LogP contribution in [0.2, 0.25) is 10.2 Å². The Morgan fingerprint density at radius 3 is 2.20 bits per heavy atom. The number of pyridine rings is 1. The number of halogens is 2. The van der Waals surface area contributed by atoms with Crippen molar-refractivity contribution in [2.24, 2.45) is 5.41 Å². The van der Waals surface area contributed by atoms with Gasteiger partial charge in [-0.15, -0.1) is 0 Å². The molecule has 1 rings (SSSR count). The molecule has 0 aliphatic rings. The summed E-state index contributed by atoms with van der Waals surface area (Å²) in [6.07, 6.45) is 1.89. The molecule has 1 aromatic heterocycles. The lowest BCUT2D eigenvalue weighted by molar-refractivity contribution is 0.269.